The number of fused-ring (bicyclic) bond motifs is 1. The molecule has 2 aliphatic heterocycles. The molecule has 198 valence electrons. The van der Waals surface area contributed by atoms with Crippen LogP contribution in [0.2, 0.25) is 0 Å². The lowest BCUT2D eigenvalue weighted by Gasteiger charge is -2.33. The molecule has 0 aliphatic carbocycles. The Balaban J connectivity index is 1.12. The van der Waals surface area contributed by atoms with E-state index in [4.69, 9.17) is 0 Å². The number of hydrogen-bond donors (Lipinski definition) is 1. The average molecular weight is 505 g/mol. The van der Waals surface area contributed by atoms with Crippen molar-refractivity contribution in [3.05, 3.63) is 71.7 Å². The zero-order valence-corrected chi connectivity index (χ0v) is 22.2. The molecule has 0 saturated carbocycles. The maximum absolute atomic E-state index is 13.1. The summed E-state index contributed by atoms with van der Waals surface area (Å²) in [5, 5.41) is 4.44. The molecule has 5 rings (SSSR count). The number of nitrogens with zero attached hydrogens (tertiary/aromatic N) is 3. The molecule has 0 spiro atoms. The molecule has 0 unspecified atom stereocenters. The van der Waals surface area contributed by atoms with E-state index in [1.165, 1.54) is 29.3 Å². The van der Waals surface area contributed by atoms with Crippen LogP contribution in [0.3, 0.4) is 0 Å². The summed E-state index contributed by atoms with van der Waals surface area (Å²) in [4.78, 5) is 17.7. The van der Waals surface area contributed by atoms with Gasteiger partial charge in [0.2, 0.25) is 5.91 Å². The zero-order valence-electron chi connectivity index (χ0n) is 22.2. The van der Waals surface area contributed by atoms with Gasteiger partial charge in [-0.3, -0.25) is 4.79 Å². The van der Waals surface area contributed by atoms with Crippen LogP contribution in [0.5, 0.6) is 0 Å². The molecular formula is C31H41FN4O. The van der Waals surface area contributed by atoms with Gasteiger partial charge in [0.25, 0.3) is 0 Å². The van der Waals surface area contributed by atoms with Crippen molar-refractivity contribution in [1.82, 2.24) is 19.7 Å². The highest BCUT2D eigenvalue weighted by atomic mass is 19.1. The summed E-state index contributed by atoms with van der Waals surface area (Å²) in [5.74, 6) is 0.563. The van der Waals surface area contributed by atoms with Gasteiger partial charge >= 0.3 is 0 Å². The third kappa shape index (κ3) is 6.79. The van der Waals surface area contributed by atoms with Crippen LogP contribution in [-0.2, 0) is 17.6 Å². The van der Waals surface area contributed by atoms with Crippen molar-refractivity contribution in [3.63, 3.8) is 0 Å². The van der Waals surface area contributed by atoms with Crippen molar-refractivity contribution in [2.45, 2.75) is 51.5 Å². The topological polar surface area (TPSA) is 40.5 Å². The Hall–Kier alpha value is -2.70. The molecule has 2 saturated heterocycles. The van der Waals surface area contributed by atoms with Crippen molar-refractivity contribution < 1.29 is 9.18 Å². The monoisotopic (exact) mass is 504 g/mol. The van der Waals surface area contributed by atoms with Gasteiger partial charge in [-0.05, 0) is 98.4 Å². The molecule has 1 amide bonds. The minimum Gasteiger partial charge on any atom is -0.356 e. The molecule has 6 heteroatoms. The van der Waals surface area contributed by atoms with Crippen molar-refractivity contribution in [2.24, 2.45) is 5.92 Å². The molecule has 2 fully saturated rings. The maximum Gasteiger partial charge on any atom is 0.224 e. The fourth-order valence-corrected chi connectivity index (χ4v) is 6.00. The van der Waals surface area contributed by atoms with Gasteiger partial charge in [0.1, 0.15) is 5.82 Å². The molecule has 0 radical (unpaired) electrons. The number of rotatable bonds is 9. The van der Waals surface area contributed by atoms with E-state index >= 15 is 0 Å². The number of carbonyl (C=O) groups is 1. The fourth-order valence-electron chi connectivity index (χ4n) is 6.00. The first kappa shape index (κ1) is 25.9. The highest BCUT2D eigenvalue weighted by Gasteiger charge is 2.22. The second-order valence-corrected chi connectivity index (χ2v) is 10.9. The van der Waals surface area contributed by atoms with Crippen LogP contribution in [0.15, 0.2) is 54.7 Å². The lowest BCUT2D eigenvalue weighted by molar-refractivity contribution is -0.120. The highest BCUT2D eigenvalue weighted by molar-refractivity contribution is 5.84. The molecule has 0 atom stereocenters. The van der Waals surface area contributed by atoms with Gasteiger partial charge in [-0.1, -0.05) is 31.2 Å². The standard InChI is InChI=1S/C31H41FN4O/c1-2-34-15-10-25(11-16-34)23-33-31(37)22-26-3-6-27-12-20-36(30(27)21-26)29-13-18-35(19-14-29)17-9-24-4-7-28(32)8-5-24/h3-8,12,20-21,25,29H,2,9-11,13-19,22-23H2,1H3,(H,33,37). The molecule has 2 aliphatic rings. The number of nitrogens with one attached hydrogen (secondary N) is 1. The van der Waals surface area contributed by atoms with Crippen molar-refractivity contribution in [1.29, 1.82) is 0 Å². The quantitative estimate of drug-likeness (QED) is 0.443. The third-order valence-electron chi connectivity index (χ3n) is 8.48. The Bertz CT molecular complexity index is 1160. The molecule has 5 nitrogen and oxygen atoms in total. The van der Waals surface area contributed by atoms with Crippen LogP contribution in [0.4, 0.5) is 4.39 Å². The van der Waals surface area contributed by atoms with E-state index in [0.717, 1.165) is 70.6 Å². The molecular weight excluding hydrogens is 463 g/mol. The normalized spacial score (nSPS) is 18.4. The predicted octanol–water partition coefficient (Wildman–Crippen LogP) is 5.05. The van der Waals surface area contributed by atoms with Crippen LogP contribution >= 0.6 is 0 Å². The number of carbonyl (C=O) groups excluding carboxylic acids is 1. The fraction of sp³-hybridized carbons (Fsp3) is 0.516. The van der Waals surface area contributed by atoms with E-state index in [1.807, 2.05) is 12.1 Å². The Morgan fingerprint density at radius 3 is 2.35 bits per heavy atom. The summed E-state index contributed by atoms with van der Waals surface area (Å²) >= 11 is 0. The van der Waals surface area contributed by atoms with Gasteiger partial charge in [0.05, 0.1) is 6.42 Å². The second kappa shape index (κ2) is 12.2. The lowest BCUT2D eigenvalue weighted by atomic mass is 9.96. The number of amides is 1. The molecule has 3 aromatic rings. The minimum absolute atomic E-state index is 0.129. The van der Waals surface area contributed by atoms with Crippen molar-refractivity contribution >= 4 is 16.8 Å². The smallest absolute Gasteiger partial charge is 0.224 e. The van der Waals surface area contributed by atoms with Crippen LogP contribution in [0.25, 0.3) is 10.9 Å². The van der Waals surface area contributed by atoms with Gasteiger partial charge in [-0.2, -0.15) is 0 Å². The lowest BCUT2D eigenvalue weighted by Crippen LogP contribution is -2.38. The summed E-state index contributed by atoms with van der Waals surface area (Å²) in [6.45, 7) is 9.61. The maximum atomic E-state index is 13.1. The van der Waals surface area contributed by atoms with Crippen LogP contribution in [-0.4, -0.2) is 66.1 Å². The summed E-state index contributed by atoms with van der Waals surface area (Å²) in [6.07, 6.45) is 8.22. The van der Waals surface area contributed by atoms with E-state index in [-0.39, 0.29) is 11.7 Å². The zero-order chi connectivity index (χ0) is 25.6. The Labute approximate surface area is 220 Å². The SMILES string of the molecule is CCN1CCC(CNC(=O)Cc2ccc3ccn(C4CCN(CCc5ccc(F)cc5)CC4)c3c2)CC1. The largest absolute Gasteiger partial charge is 0.356 e. The first-order chi connectivity index (χ1) is 18.1. The van der Waals surface area contributed by atoms with Gasteiger partial charge in [0.15, 0.2) is 0 Å². The van der Waals surface area contributed by atoms with E-state index in [2.05, 4.69) is 57.1 Å². The molecule has 2 aromatic carbocycles. The summed E-state index contributed by atoms with van der Waals surface area (Å²) in [5.41, 5.74) is 3.52. The summed E-state index contributed by atoms with van der Waals surface area (Å²) in [6, 6.07) is 16.0. The average Bonchev–Trinajstić information content (AvgIpc) is 3.35. The van der Waals surface area contributed by atoms with Crippen LogP contribution < -0.4 is 5.32 Å². The molecule has 3 heterocycles. The van der Waals surface area contributed by atoms with Crippen molar-refractivity contribution in [2.75, 3.05) is 45.8 Å². The third-order valence-corrected chi connectivity index (χ3v) is 8.48. The molecule has 1 aromatic heterocycles. The first-order valence-electron chi connectivity index (χ1n) is 14.1. The van der Waals surface area contributed by atoms with Gasteiger partial charge in [0, 0.05) is 43.9 Å². The van der Waals surface area contributed by atoms with E-state index in [9.17, 15) is 9.18 Å². The van der Waals surface area contributed by atoms with Crippen LogP contribution in [0, 0.1) is 11.7 Å². The van der Waals surface area contributed by atoms with Crippen LogP contribution in [0.1, 0.15) is 49.8 Å². The predicted molar refractivity (Wildman–Crippen MR) is 148 cm³/mol. The highest BCUT2D eigenvalue weighted by Crippen LogP contribution is 2.29. The number of piperidine rings is 2. The minimum atomic E-state index is -0.171. The number of likely N-dealkylation sites (tertiary alicyclic amines) is 2. The molecule has 0 bridgehead atoms. The van der Waals surface area contributed by atoms with Crippen molar-refractivity contribution in [3.8, 4) is 0 Å². The van der Waals surface area contributed by atoms with Gasteiger partial charge in [-0.25, -0.2) is 4.39 Å². The summed E-state index contributed by atoms with van der Waals surface area (Å²) < 4.78 is 15.6. The second-order valence-electron chi connectivity index (χ2n) is 10.9. The Kier molecular flexibility index (Phi) is 8.57. The number of benzene rings is 2. The molecule has 1 N–H and O–H groups in total. The number of aromatic nitrogens is 1. The van der Waals surface area contributed by atoms with Gasteiger partial charge in [-0.15, -0.1) is 0 Å². The number of halogens is 1. The molecule has 37 heavy (non-hydrogen) atoms. The number of hydrogen-bond acceptors (Lipinski definition) is 3. The first-order valence-corrected chi connectivity index (χ1v) is 14.1. The van der Waals surface area contributed by atoms with E-state index in [0.29, 0.717) is 18.4 Å². The van der Waals surface area contributed by atoms with E-state index in [1.54, 1.807) is 12.1 Å². The van der Waals surface area contributed by atoms with Gasteiger partial charge < -0.3 is 19.7 Å². The Morgan fingerprint density at radius 2 is 1.62 bits per heavy atom. The van der Waals surface area contributed by atoms with E-state index < -0.39 is 0 Å². The summed E-state index contributed by atoms with van der Waals surface area (Å²) in [7, 11) is 0. The Morgan fingerprint density at radius 1 is 0.919 bits per heavy atom.